The Balaban J connectivity index is 0.00000342. The van der Waals surface area contributed by atoms with Crippen molar-refractivity contribution in [1.29, 1.82) is 0 Å². The Bertz CT molecular complexity index is 1230. The van der Waals surface area contributed by atoms with Gasteiger partial charge in [-0.05, 0) is 42.7 Å². The molecule has 0 fully saturated rings. The standard InChI is InChI=1S/C24H28N4O6.ClH/c1-31-18-8-5-12(9-17(18)26-24(30)15(25)11-29)21-20-14-10-19(32-2)23(34-4)22(33-3)13(14)6-7-16(20)27-28-21;/h5,8-10,15,29H,6-7,11,25H2,1-4H3,(H,26,30)(H,27,28);1H/t15-;/m0./s1. The minimum Gasteiger partial charge on any atom is -0.495 e. The number of nitrogens with one attached hydrogen (secondary N) is 2. The molecule has 1 atom stereocenters. The van der Waals surface area contributed by atoms with Crippen LogP contribution in [0.1, 0.15) is 11.3 Å². The maximum Gasteiger partial charge on any atom is 0.243 e. The summed E-state index contributed by atoms with van der Waals surface area (Å²) in [6.07, 6.45) is 1.49. The number of aryl methyl sites for hydroxylation is 1. The Morgan fingerprint density at radius 3 is 2.43 bits per heavy atom. The van der Waals surface area contributed by atoms with E-state index in [4.69, 9.17) is 24.7 Å². The van der Waals surface area contributed by atoms with E-state index in [1.165, 1.54) is 7.11 Å². The van der Waals surface area contributed by atoms with E-state index in [2.05, 4.69) is 15.5 Å². The smallest absolute Gasteiger partial charge is 0.243 e. The Morgan fingerprint density at radius 2 is 1.80 bits per heavy atom. The summed E-state index contributed by atoms with van der Waals surface area (Å²) in [5.41, 5.74) is 11.4. The van der Waals surface area contributed by atoms with Crippen LogP contribution in [0.3, 0.4) is 0 Å². The van der Waals surface area contributed by atoms with Crippen LogP contribution in [0.2, 0.25) is 0 Å². The third kappa shape index (κ3) is 4.60. The van der Waals surface area contributed by atoms with E-state index in [-0.39, 0.29) is 12.4 Å². The highest BCUT2D eigenvalue weighted by molar-refractivity contribution is 5.97. The quantitative estimate of drug-likeness (QED) is 0.367. The molecule has 11 heteroatoms. The number of fused-ring (bicyclic) bond motifs is 3. The summed E-state index contributed by atoms with van der Waals surface area (Å²) in [4.78, 5) is 12.3. The highest BCUT2D eigenvalue weighted by Gasteiger charge is 2.30. The molecule has 1 aliphatic rings. The number of aliphatic hydroxyl groups is 1. The highest BCUT2D eigenvalue weighted by Crippen LogP contribution is 2.50. The normalized spacial score (nSPS) is 12.5. The van der Waals surface area contributed by atoms with Crippen LogP contribution in [0.4, 0.5) is 5.69 Å². The minimum absolute atomic E-state index is 0. The number of amides is 1. The van der Waals surface area contributed by atoms with Gasteiger partial charge in [0.1, 0.15) is 17.5 Å². The number of halogens is 1. The number of ether oxygens (including phenoxy) is 4. The van der Waals surface area contributed by atoms with Gasteiger partial charge in [0.15, 0.2) is 11.5 Å². The summed E-state index contributed by atoms with van der Waals surface area (Å²) >= 11 is 0. The van der Waals surface area contributed by atoms with Gasteiger partial charge in [-0.1, -0.05) is 0 Å². The fraction of sp³-hybridized carbons (Fsp3) is 0.333. The fourth-order valence-corrected chi connectivity index (χ4v) is 4.26. The first-order valence-electron chi connectivity index (χ1n) is 10.7. The lowest BCUT2D eigenvalue weighted by molar-refractivity contribution is -0.118. The van der Waals surface area contributed by atoms with Crippen molar-refractivity contribution in [3.63, 3.8) is 0 Å². The van der Waals surface area contributed by atoms with Crippen molar-refractivity contribution >= 4 is 24.0 Å². The molecule has 0 spiro atoms. The number of carbonyl (C=O) groups is 1. The van der Waals surface area contributed by atoms with Crippen LogP contribution < -0.4 is 30.0 Å². The first kappa shape index (κ1) is 26.1. The molecule has 0 bridgehead atoms. The molecule has 188 valence electrons. The van der Waals surface area contributed by atoms with Gasteiger partial charge in [-0.15, -0.1) is 12.4 Å². The fourth-order valence-electron chi connectivity index (χ4n) is 4.26. The number of nitrogens with zero attached hydrogens (tertiary/aromatic N) is 1. The summed E-state index contributed by atoms with van der Waals surface area (Å²) < 4.78 is 22.2. The van der Waals surface area contributed by atoms with Crippen LogP contribution in [-0.4, -0.2) is 62.3 Å². The van der Waals surface area contributed by atoms with E-state index in [9.17, 15) is 9.90 Å². The summed E-state index contributed by atoms with van der Waals surface area (Å²) in [7, 11) is 6.29. The Hall–Kier alpha value is -3.47. The average molecular weight is 505 g/mol. The third-order valence-electron chi connectivity index (χ3n) is 5.93. The summed E-state index contributed by atoms with van der Waals surface area (Å²) in [5, 5.41) is 19.7. The Morgan fingerprint density at radius 1 is 1.09 bits per heavy atom. The second kappa shape index (κ2) is 10.9. The largest absolute Gasteiger partial charge is 0.495 e. The first-order chi connectivity index (χ1) is 16.5. The van der Waals surface area contributed by atoms with Crippen LogP contribution in [0.5, 0.6) is 23.0 Å². The second-order valence-corrected chi connectivity index (χ2v) is 7.79. The van der Waals surface area contributed by atoms with Gasteiger partial charge in [-0.3, -0.25) is 9.89 Å². The second-order valence-electron chi connectivity index (χ2n) is 7.79. The topological polar surface area (TPSA) is 141 Å². The van der Waals surface area contributed by atoms with Crippen LogP contribution in [0.15, 0.2) is 24.3 Å². The van der Waals surface area contributed by atoms with Crippen LogP contribution in [-0.2, 0) is 17.6 Å². The van der Waals surface area contributed by atoms with Gasteiger partial charge in [-0.25, -0.2) is 0 Å². The van der Waals surface area contributed by atoms with Gasteiger partial charge in [-0.2, -0.15) is 5.10 Å². The van der Waals surface area contributed by atoms with Gasteiger partial charge in [0.2, 0.25) is 11.7 Å². The van der Waals surface area contributed by atoms with Crippen molar-refractivity contribution in [3.8, 4) is 45.4 Å². The predicted octanol–water partition coefficient (Wildman–Crippen LogP) is 2.56. The Kier molecular flexibility index (Phi) is 8.11. The highest BCUT2D eigenvalue weighted by atomic mass is 35.5. The number of carbonyl (C=O) groups excluding carboxylic acids is 1. The monoisotopic (exact) mass is 504 g/mol. The molecule has 10 nitrogen and oxygen atoms in total. The van der Waals surface area contributed by atoms with Crippen molar-refractivity contribution in [1.82, 2.24) is 10.2 Å². The first-order valence-corrected chi connectivity index (χ1v) is 10.7. The van der Waals surface area contributed by atoms with E-state index in [0.717, 1.165) is 40.8 Å². The number of nitrogens with two attached hydrogens (primary N) is 1. The molecule has 1 aliphatic carbocycles. The van der Waals surface area contributed by atoms with Crippen molar-refractivity contribution in [2.24, 2.45) is 5.73 Å². The van der Waals surface area contributed by atoms with Gasteiger partial charge in [0.25, 0.3) is 0 Å². The Labute approximate surface area is 209 Å². The van der Waals surface area contributed by atoms with Crippen LogP contribution >= 0.6 is 12.4 Å². The van der Waals surface area contributed by atoms with E-state index < -0.39 is 18.6 Å². The molecule has 35 heavy (non-hydrogen) atoms. The number of H-pyrrole nitrogens is 1. The number of benzene rings is 2. The molecular formula is C24H29ClN4O6. The molecule has 1 amide bonds. The van der Waals surface area contributed by atoms with Gasteiger partial charge in [0.05, 0.1) is 40.7 Å². The average Bonchev–Trinajstić information content (AvgIpc) is 3.31. The lowest BCUT2D eigenvalue weighted by Crippen LogP contribution is -2.38. The molecular weight excluding hydrogens is 476 g/mol. The van der Waals surface area contributed by atoms with Crippen molar-refractivity contribution in [2.45, 2.75) is 18.9 Å². The zero-order valence-electron chi connectivity index (χ0n) is 19.9. The number of anilines is 1. The molecule has 1 heterocycles. The number of aromatic nitrogens is 2. The lowest BCUT2D eigenvalue weighted by Gasteiger charge is -2.23. The number of aliphatic hydroxyl groups excluding tert-OH is 1. The molecule has 0 radical (unpaired) electrons. The van der Waals surface area contributed by atoms with E-state index in [1.54, 1.807) is 33.5 Å². The summed E-state index contributed by atoms with van der Waals surface area (Å²) in [6, 6.07) is 6.26. The van der Waals surface area contributed by atoms with E-state index in [0.29, 0.717) is 34.4 Å². The van der Waals surface area contributed by atoms with Gasteiger partial charge >= 0.3 is 0 Å². The molecule has 5 N–H and O–H groups in total. The number of rotatable bonds is 8. The lowest BCUT2D eigenvalue weighted by atomic mass is 9.86. The molecule has 0 saturated carbocycles. The molecule has 0 aliphatic heterocycles. The third-order valence-corrected chi connectivity index (χ3v) is 5.93. The van der Waals surface area contributed by atoms with Crippen molar-refractivity contribution in [2.75, 3.05) is 40.4 Å². The van der Waals surface area contributed by atoms with E-state index >= 15 is 0 Å². The van der Waals surface area contributed by atoms with Gasteiger partial charge in [0, 0.05) is 22.4 Å². The molecule has 4 rings (SSSR count). The van der Waals surface area contributed by atoms with Crippen molar-refractivity contribution < 1.29 is 28.8 Å². The van der Waals surface area contributed by atoms with Crippen LogP contribution in [0.25, 0.3) is 22.4 Å². The van der Waals surface area contributed by atoms with Gasteiger partial charge < -0.3 is 35.1 Å². The molecule has 0 unspecified atom stereocenters. The summed E-state index contributed by atoms with van der Waals surface area (Å²) in [6.45, 7) is -0.468. The van der Waals surface area contributed by atoms with E-state index in [1.807, 2.05) is 12.1 Å². The molecule has 3 aromatic rings. The van der Waals surface area contributed by atoms with Crippen LogP contribution in [0, 0.1) is 0 Å². The molecule has 0 saturated heterocycles. The minimum atomic E-state index is -1.05. The predicted molar refractivity (Wildman–Crippen MR) is 134 cm³/mol. The molecule has 1 aromatic heterocycles. The number of methoxy groups -OCH3 is 4. The SMILES string of the molecule is COc1ccc(-c2n[nH]c3c2-c2cc(OC)c(OC)c(OC)c2CC3)cc1NC(=O)[C@@H](N)CO.Cl. The number of hydrogen-bond acceptors (Lipinski definition) is 8. The van der Waals surface area contributed by atoms with Crippen molar-refractivity contribution in [3.05, 3.63) is 35.5 Å². The zero-order valence-corrected chi connectivity index (χ0v) is 20.7. The number of hydrogen-bond donors (Lipinski definition) is 4. The maximum atomic E-state index is 12.3. The maximum absolute atomic E-state index is 12.3. The zero-order chi connectivity index (χ0) is 24.4. The summed E-state index contributed by atoms with van der Waals surface area (Å²) in [5.74, 6) is 1.68. The molecule has 2 aromatic carbocycles. The number of aromatic amines is 1.